The fraction of sp³-hybridized carbons (Fsp3) is 0.167. The van der Waals surface area contributed by atoms with Crippen molar-refractivity contribution in [3.63, 3.8) is 0 Å². The molecule has 3 aromatic carbocycles. The molecule has 1 aromatic heterocycles. The van der Waals surface area contributed by atoms with Gasteiger partial charge in [-0.25, -0.2) is 4.39 Å². The van der Waals surface area contributed by atoms with Crippen LogP contribution >= 0.6 is 23.4 Å². The van der Waals surface area contributed by atoms with Crippen LogP contribution in [0, 0.1) is 22.9 Å². The Morgan fingerprint density at radius 2 is 1.88 bits per heavy atom. The van der Waals surface area contributed by atoms with Crippen molar-refractivity contribution in [2.24, 2.45) is 0 Å². The predicted octanol–water partition coefficient (Wildman–Crippen LogP) is 6.06. The van der Waals surface area contributed by atoms with Gasteiger partial charge in [0.15, 0.2) is 5.16 Å². The summed E-state index contributed by atoms with van der Waals surface area (Å²) < 4.78 is 21.3. The van der Waals surface area contributed by atoms with Gasteiger partial charge in [0, 0.05) is 21.2 Å². The van der Waals surface area contributed by atoms with Crippen molar-refractivity contribution in [1.82, 2.24) is 14.8 Å². The molecule has 0 radical (unpaired) electrons. The van der Waals surface area contributed by atoms with Crippen molar-refractivity contribution in [2.45, 2.75) is 23.9 Å². The molecule has 0 unspecified atom stereocenters. The fourth-order valence-electron chi connectivity index (χ4n) is 3.43. The minimum absolute atomic E-state index is 0.130. The lowest BCUT2D eigenvalue weighted by Crippen LogP contribution is -2.12. The van der Waals surface area contributed by atoms with Crippen LogP contribution in [0.1, 0.15) is 22.2 Å². The summed E-state index contributed by atoms with van der Waals surface area (Å²) in [4.78, 5) is 11.2. The summed E-state index contributed by atoms with van der Waals surface area (Å²) in [5, 5.41) is 20.5. The van der Waals surface area contributed by atoms with Crippen LogP contribution in [0.4, 0.5) is 4.39 Å². The first kappa shape index (κ1) is 23.7. The van der Waals surface area contributed by atoms with Crippen LogP contribution in [-0.4, -0.2) is 26.2 Å². The van der Waals surface area contributed by atoms with Gasteiger partial charge in [-0.3, -0.25) is 14.7 Å². The molecule has 0 N–H and O–H groups in total. The van der Waals surface area contributed by atoms with Crippen LogP contribution < -0.4 is 4.74 Å². The number of para-hydroxylation sites is 1. The maximum absolute atomic E-state index is 13.5. The normalized spacial score (nSPS) is 11.9. The molecule has 0 saturated heterocycles. The van der Waals surface area contributed by atoms with Gasteiger partial charge < -0.3 is 4.74 Å². The third-order valence-electron chi connectivity index (χ3n) is 4.99. The number of thioether (sulfide) groups is 1. The van der Waals surface area contributed by atoms with E-state index in [4.69, 9.17) is 16.3 Å². The molecule has 0 aliphatic carbocycles. The van der Waals surface area contributed by atoms with Gasteiger partial charge in [-0.05, 0) is 55.0 Å². The van der Waals surface area contributed by atoms with Crippen molar-refractivity contribution in [3.8, 4) is 11.4 Å². The molecule has 4 aromatic rings. The van der Waals surface area contributed by atoms with E-state index in [0.717, 1.165) is 5.69 Å². The summed E-state index contributed by atoms with van der Waals surface area (Å²) in [6.45, 7) is 1.59. The zero-order valence-corrected chi connectivity index (χ0v) is 19.7. The molecule has 0 fully saturated rings. The predicted molar refractivity (Wildman–Crippen MR) is 129 cm³/mol. The minimum Gasteiger partial charge on any atom is -0.489 e. The number of halogens is 2. The highest BCUT2D eigenvalue weighted by molar-refractivity contribution is 7.99. The molecule has 4 rings (SSSR count). The highest BCUT2D eigenvalue weighted by atomic mass is 35.5. The highest BCUT2D eigenvalue weighted by Crippen LogP contribution is 2.40. The molecular weight excluding hydrogens is 479 g/mol. The molecule has 7 nitrogen and oxygen atoms in total. The van der Waals surface area contributed by atoms with Gasteiger partial charge in [0.25, 0.3) is 0 Å². The van der Waals surface area contributed by atoms with Crippen LogP contribution in [0.3, 0.4) is 0 Å². The SMILES string of the molecule is Cc1nnc(S[C@@H](C[N+](=O)[O-])c2ccccc2OCc2cccc(F)c2)n1-c1ccc(Cl)cc1. The quantitative estimate of drug-likeness (QED) is 0.158. The Bertz CT molecular complexity index is 1300. The first-order valence-corrected chi connectivity index (χ1v) is 11.6. The van der Waals surface area contributed by atoms with Gasteiger partial charge >= 0.3 is 0 Å². The standard InChI is InChI=1S/C24H20ClFN4O3S/c1-16-27-28-24(30(16)20-11-9-18(25)10-12-20)34-23(14-29(31)32)21-7-2-3-8-22(21)33-15-17-5-4-6-19(26)13-17/h2-13,23H,14-15H2,1H3/t23-/m0/s1. The molecule has 0 aliphatic heterocycles. The largest absolute Gasteiger partial charge is 0.489 e. The van der Waals surface area contributed by atoms with Gasteiger partial charge in [-0.15, -0.1) is 10.2 Å². The molecule has 1 heterocycles. The molecular formula is C24H20ClFN4O3S. The van der Waals surface area contributed by atoms with E-state index in [9.17, 15) is 14.5 Å². The Labute approximate surface area is 204 Å². The highest BCUT2D eigenvalue weighted by Gasteiger charge is 2.26. The van der Waals surface area contributed by atoms with Gasteiger partial charge in [-0.1, -0.05) is 53.7 Å². The van der Waals surface area contributed by atoms with Crippen LogP contribution in [0.5, 0.6) is 5.75 Å². The van der Waals surface area contributed by atoms with E-state index in [0.29, 0.717) is 32.9 Å². The average Bonchev–Trinajstić information content (AvgIpc) is 3.17. The molecule has 0 aliphatic rings. The fourth-order valence-corrected chi connectivity index (χ4v) is 4.76. The minimum atomic E-state index is -0.603. The number of hydrogen-bond donors (Lipinski definition) is 0. The number of nitrogens with zero attached hydrogens (tertiary/aromatic N) is 4. The van der Waals surface area contributed by atoms with Crippen molar-refractivity contribution < 1.29 is 14.1 Å². The van der Waals surface area contributed by atoms with Gasteiger partial charge in [-0.2, -0.15) is 0 Å². The summed E-state index contributed by atoms with van der Waals surface area (Å²) in [6, 6.07) is 20.4. The first-order chi connectivity index (χ1) is 16.4. The number of nitro groups is 1. The molecule has 1 atom stereocenters. The van der Waals surface area contributed by atoms with E-state index < -0.39 is 5.25 Å². The van der Waals surface area contributed by atoms with Crippen molar-refractivity contribution in [1.29, 1.82) is 0 Å². The number of aromatic nitrogens is 3. The Morgan fingerprint density at radius 1 is 1.12 bits per heavy atom. The Morgan fingerprint density at radius 3 is 2.62 bits per heavy atom. The number of rotatable bonds is 9. The van der Waals surface area contributed by atoms with Crippen molar-refractivity contribution >= 4 is 23.4 Å². The Balaban J connectivity index is 1.64. The third-order valence-corrected chi connectivity index (χ3v) is 6.41. The number of ether oxygens (including phenoxy) is 1. The molecule has 0 saturated carbocycles. The maximum atomic E-state index is 13.5. The van der Waals surface area contributed by atoms with Gasteiger partial charge in [0.1, 0.15) is 29.2 Å². The molecule has 0 amide bonds. The Hall–Kier alpha value is -3.43. The molecule has 34 heavy (non-hydrogen) atoms. The van der Waals surface area contributed by atoms with E-state index in [1.54, 1.807) is 48.5 Å². The second-order valence-electron chi connectivity index (χ2n) is 7.42. The van der Waals surface area contributed by atoms with E-state index in [2.05, 4.69) is 10.2 Å². The number of benzene rings is 3. The molecule has 10 heteroatoms. The van der Waals surface area contributed by atoms with Crippen LogP contribution in [0.15, 0.2) is 78.0 Å². The van der Waals surface area contributed by atoms with Crippen LogP contribution in [0.2, 0.25) is 5.02 Å². The summed E-state index contributed by atoms with van der Waals surface area (Å²) in [5.74, 6) is 0.772. The lowest BCUT2D eigenvalue weighted by Gasteiger charge is -2.18. The van der Waals surface area contributed by atoms with E-state index in [-0.39, 0.29) is 23.9 Å². The summed E-state index contributed by atoms with van der Waals surface area (Å²) in [5.41, 5.74) is 2.10. The maximum Gasteiger partial charge on any atom is 0.220 e. The molecule has 0 bridgehead atoms. The second-order valence-corrected chi connectivity index (χ2v) is 9.03. The summed E-state index contributed by atoms with van der Waals surface area (Å²) in [7, 11) is 0. The van der Waals surface area contributed by atoms with E-state index in [1.807, 2.05) is 23.6 Å². The zero-order chi connectivity index (χ0) is 24.1. The van der Waals surface area contributed by atoms with Crippen LogP contribution in [0.25, 0.3) is 5.69 Å². The lowest BCUT2D eigenvalue weighted by atomic mass is 10.1. The average molecular weight is 499 g/mol. The number of aryl methyl sites for hydroxylation is 1. The molecule has 174 valence electrons. The van der Waals surface area contributed by atoms with Crippen molar-refractivity contribution in [2.75, 3.05) is 6.54 Å². The monoisotopic (exact) mass is 498 g/mol. The van der Waals surface area contributed by atoms with Crippen molar-refractivity contribution in [3.05, 3.63) is 111 Å². The first-order valence-electron chi connectivity index (χ1n) is 10.3. The van der Waals surface area contributed by atoms with Crippen LogP contribution in [-0.2, 0) is 6.61 Å². The van der Waals surface area contributed by atoms with E-state index in [1.165, 1.54) is 23.9 Å². The smallest absolute Gasteiger partial charge is 0.220 e. The van der Waals surface area contributed by atoms with Gasteiger partial charge in [0.2, 0.25) is 6.54 Å². The topological polar surface area (TPSA) is 83.1 Å². The molecule has 0 spiro atoms. The summed E-state index contributed by atoms with van der Waals surface area (Å²) in [6.07, 6.45) is 0. The Kier molecular flexibility index (Phi) is 7.44. The lowest BCUT2D eigenvalue weighted by molar-refractivity contribution is -0.479. The van der Waals surface area contributed by atoms with Gasteiger partial charge in [0.05, 0.1) is 0 Å². The van der Waals surface area contributed by atoms with E-state index >= 15 is 0 Å². The second kappa shape index (κ2) is 10.7. The zero-order valence-electron chi connectivity index (χ0n) is 18.1. The number of hydrogen-bond acceptors (Lipinski definition) is 6. The summed E-state index contributed by atoms with van der Waals surface area (Å²) >= 11 is 7.25. The third kappa shape index (κ3) is 5.73.